The van der Waals surface area contributed by atoms with E-state index in [1.54, 1.807) is 30.3 Å². The van der Waals surface area contributed by atoms with Crippen molar-refractivity contribution in [3.63, 3.8) is 0 Å². The van der Waals surface area contributed by atoms with E-state index in [4.69, 9.17) is 9.47 Å². The maximum atomic E-state index is 13.4. The van der Waals surface area contributed by atoms with Gasteiger partial charge in [-0.3, -0.25) is 9.59 Å². The molecule has 4 N–H and O–H groups in total. The fourth-order valence-electron chi connectivity index (χ4n) is 5.66. The minimum absolute atomic E-state index is 0.0571. The molecular formula is C28H35N3O6. The lowest BCUT2D eigenvalue weighted by atomic mass is 9.92. The van der Waals surface area contributed by atoms with Gasteiger partial charge in [-0.25, -0.2) is 0 Å². The van der Waals surface area contributed by atoms with Crippen molar-refractivity contribution in [1.82, 2.24) is 15.5 Å². The predicted octanol–water partition coefficient (Wildman–Crippen LogP) is 1.99. The standard InChI is InChI=1S/C28H35N3O6/c1-2-37-26-12-18(28(35)31-20-4-3-5-21(31)16-36-15-20)7-9-23(26)27(34)30-14-25(33)24-11-17-6-8-22(32)10-19(17)13-29-24/h6-10,12,20-21,24-25,29,32-33H,2-5,11,13-16H2,1H3,(H,30,34)/t20-,21+,24-,25+/m0/s1. The number of hydrogen-bond donors (Lipinski definition) is 4. The molecule has 3 heterocycles. The van der Waals surface area contributed by atoms with E-state index in [-0.39, 0.29) is 42.2 Å². The van der Waals surface area contributed by atoms with Crippen molar-refractivity contribution in [3.05, 3.63) is 58.7 Å². The van der Waals surface area contributed by atoms with E-state index in [1.807, 2.05) is 17.9 Å². The Bertz CT molecular complexity index is 1130. The number of ether oxygens (including phenoxy) is 2. The van der Waals surface area contributed by atoms with E-state index in [0.717, 1.165) is 30.4 Å². The third-order valence-corrected chi connectivity index (χ3v) is 7.61. The second-order valence-electron chi connectivity index (χ2n) is 10.1. The molecule has 3 aliphatic heterocycles. The zero-order valence-electron chi connectivity index (χ0n) is 21.1. The molecule has 0 saturated carbocycles. The zero-order valence-corrected chi connectivity index (χ0v) is 21.1. The Labute approximate surface area is 216 Å². The van der Waals surface area contributed by atoms with Crippen molar-refractivity contribution in [2.24, 2.45) is 0 Å². The fourth-order valence-corrected chi connectivity index (χ4v) is 5.66. The summed E-state index contributed by atoms with van der Waals surface area (Å²) < 4.78 is 11.4. The van der Waals surface area contributed by atoms with Crippen LogP contribution in [0.3, 0.4) is 0 Å². The zero-order chi connectivity index (χ0) is 25.9. The number of phenols is 1. The number of phenolic OH excluding ortho intramolecular Hbond substituents is 1. The summed E-state index contributed by atoms with van der Waals surface area (Å²) in [4.78, 5) is 28.4. The smallest absolute Gasteiger partial charge is 0.255 e. The second-order valence-corrected chi connectivity index (χ2v) is 10.1. The number of fused-ring (bicyclic) bond motifs is 3. The molecule has 0 radical (unpaired) electrons. The first-order valence-corrected chi connectivity index (χ1v) is 13.1. The molecule has 0 aliphatic carbocycles. The van der Waals surface area contributed by atoms with Crippen molar-refractivity contribution in [1.29, 1.82) is 0 Å². The Hall–Kier alpha value is -3.14. The molecule has 2 aromatic carbocycles. The summed E-state index contributed by atoms with van der Waals surface area (Å²) in [6.45, 7) is 3.91. The van der Waals surface area contributed by atoms with Crippen LogP contribution in [0.15, 0.2) is 36.4 Å². The summed E-state index contributed by atoms with van der Waals surface area (Å²) in [5.74, 6) is 0.143. The molecule has 2 aromatic rings. The lowest BCUT2D eigenvalue weighted by Gasteiger charge is -2.45. The summed E-state index contributed by atoms with van der Waals surface area (Å²) in [6.07, 6.45) is 2.77. The minimum atomic E-state index is -0.803. The van der Waals surface area contributed by atoms with E-state index in [1.165, 1.54) is 0 Å². The molecule has 2 saturated heterocycles. The molecule has 9 nitrogen and oxygen atoms in total. The van der Waals surface area contributed by atoms with Crippen LogP contribution < -0.4 is 15.4 Å². The van der Waals surface area contributed by atoms with Crippen molar-refractivity contribution in [3.8, 4) is 11.5 Å². The van der Waals surface area contributed by atoms with Crippen LogP contribution in [-0.4, -0.2) is 77.5 Å². The van der Waals surface area contributed by atoms with Crippen LogP contribution in [0.1, 0.15) is 58.0 Å². The van der Waals surface area contributed by atoms with Gasteiger partial charge in [0.1, 0.15) is 11.5 Å². The summed E-state index contributed by atoms with van der Waals surface area (Å²) >= 11 is 0. The monoisotopic (exact) mass is 509 g/mol. The average Bonchev–Trinajstić information content (AvgIpc) is 2.90. The molecule has 5 rings (SSSR count). The number of carbonyl (C=O) groups excluding carboxylic acids is 2. The van der Waals surface area contributed by atoms with Crippen LogP contribution in [0, 0.1) is 0 Å². The molecular weight excluding hydrogens is 474 g/mol. The summed E-state index contributed by atoms with van der Waals surface area (Å²) in [5, 5.41) is 26.5. The van der Waals surface area contributed by atoms with Gasteiger partial charge in [0.05, 0.1) is 43.6 Å². The van der Waals surface area contributed by atoms with Crippen molar-refractivity contribution in [2.75, 3.05) is 26.4 Å². The van der Waals surface area contributed by atoms with Crippen molar-refractivity contribution < 1.29 is 29.3 Å². The molecule has 198 valence electrons. The average molecular weight is 510 g/mol. The summed E-state index contributed by atoms with van der Waals surface area (Å²) in [5.41, 5.74) is 2.89. The summed E-state index contributed by atoms with van der Waals surface area (Å²) in [6, 6.07) is 10.1. The number of morpholine rings is 1. The predicted molar refractivity (Wildman–Crippen MR) is 137 cm³/mol. The van der Waals surface area contributed by atoms with Gasteiger partial charge in [0.25, 0.3) is 11.8 Å². The van der Waals surface area contributed by atoms with E-state index in [2.05, 4.69) is 10.6 Å². The maximum Gasteiger partial charge on any atom is 0.255 e. The molecule has 0 spiro atoms. The highest BCUT2D eigenvalue weighted by Gasteiger charge is 2.38. The van der Waals surface area contributed by atoms with Crippen LogP contribution in [0.5, 0.6) is 11.5 Å². The molecule has 4 atom stereocenters. The Morgan fingerprint density at radius 3 is 2.70 bits per heavy atom. The van der Waals surface area contributed by atoms with E-state index >= 15 is 0 Å². The molecule has 0 unspecified atom stereocenters. The molecule has 0 aromatic heterocycles. The number of nitrogens with one attached hydrogen (secondary N) is 2. The van der Waals surface area contributed by atoms with Gasteiger partial charge in [-0.05, 0) is 74.1 Å². The lowest BCUT2D eigenvalue weighted by Crippen LogP contribution is -2.57. The third-order valence-electron chi connectivity index (χ3n) is 7.61. The van der Waals surface area contributed by atoms with Gasteiger partial charge in [-0.1, -0.05) is 6.07 Å². The van der Waals surface area contributed by atoms with Gasteiger partial charge in [-0.2, -0.15) is 0 Å². The van der Waals surface area contributed by atoms with Gasteiger partial charge in [0, 0.05) is 24.7 Å². The Balaban J connectivity index is 1.24. The first kappa shape index (κ1) is 25.5. The van der Waals surface area contributed by atoms with Gasteiger partial charge < -0.3 is 35.2 Å². The molecule has 2 fully saturated rings. The summed E-state index contributed by atoms with van der Waals surface area (Å²) in [7, 11) is 0. The van der Waals surface area contributed by atoms with E-state index < -0.39 is 6.10 Å². The van der Waals surface area contributed by atoms with Crippen LogP contribution in [0.4, 0.5) is 0 Å². The van der Waals surface area contributed by atoms with Crippen LogP contribution >= 0.6 is 0 Å². The SMILES string of the molecule is CCOc1cc(C(=O)N2[C@@H]3CCC[C@H]2COC3)ccc1C(=O)NC[C@@H](O)[C@@H]1Cc2ccc(O)cc2CN1. The number of carbonyl (C=O) groups is 2. The number of aliphatic hydroxyl groups is 1. The number of benzene rings is 2. The Morgan fingerprint density at radius 2 is 1.95 bits per heavy atom. The van der Waals surface area contributed by atoms with Gasteiger partial charge >= 0.3 is 0 Å². The number of aliphatic hydroxyl groups excluding tert-OH is 1. The quantitative estimate of drug-likeness (QED) is 0.451. The first-order chi connectivity index (χ1) is 17.9. The molecule has 2 amide bonds. The lowest BCUT2D eigenvalue weighted by molar-refractivity contribution is -0.0566. The second kappa shape index (κ2) is 11.1. The minimum Gasteiger partial charge on any atom is -0.508 e. The highest BCUT2D eigenvalue weighted by molar-refractivity contribution is 6.00. The Morgan fingerprint density at radius 1 is 1.16 bits per heavy atom. The molecule has 2 bridgehead atoms. The van der Waals surface area contributed by atoms with Gasteiger partial charge in [0.2, 0.25) is 0 Å². The van der Waals surface area contributed by atoms with E-state index in [0.29, 0.717) is 49.7 Å². The van der Waals surface area contributed by atoms with Crippen molar-refractivity contribution >= 4 is 11.8 Å². The third kappa shape index (κ3) is 5.44. The van der Waals surface area contributed by atoms with Gasteiger partial charge in [-0.15, -0.1) is 0 Å². The normalized spacial score (nSPS) is 23.6. The molecule has 3 aliphatic rings. The fraction of sp³-hybridized carbons (Fsp3) is 0.500. The van der Waals surface area contributed by atoms with Crippen molar-refractivity contribution in [2.45, 2.75) is 63.4 Å². The number of piperidine rings is 1. The highest BCUT2D eigenvalue weighted by atomic mass is 16.5. The number of amides is 2. The van der Waals surface area contributed by atoms with E-state index in [9.17, 15) is 19.8 Å². The maximum absolute atomic E-state index is 13.4. The number of rotatable bonds is 7. The molecule has 9 heteroatoms. The van der Waals surface area contributed by atoms with Crippen LogP contribution in [-0.2, 0) is 17.7 Å². The number of aromatic hydroxyl groups is 1. The number of hydrogen-bond acceptors (Lipinski definition) is 7. The Kier molecular flexibility index (Phi) is 7.64. The topological polar surface area (TPSA) is 120 Å². The number of nitrogens with zero attached hydrogens (tertiary/aromatic N) is 1. The van der Waals surface area contributed by atoms with Gasteiger partial charge in [0.15, 0.2) is 0 Å². The molecule has 37 heavy (non-hydrogen) atoms. The van der Waals surface area contributed by atoms with Crippen LogP contribution in [0.25, 0.3) is 0 Å². The largest absolute Gasteiger partial charge is 0.508 e. The first-order valence-electron chi connectivity index (χ1n) is 13.1. The van der Waals surface area contributed by atoms with Crippen LogP contribution in [0.2, 0.25) is 0 Å². The highest BCUT2D eigenvalue weighted by Crippen LogP contribution is 2.30.